The fraction of sp³-hybridized carbons (Fsp3) is 0.625. The van der Waals surface area contributed by atoms with Gasteiger partial charge in [-0.25, -0.2) is 4.79 Å². The van der Waals surface area contributed by atoms with Gasteiger partial charge in [-0.15, -0.1) is 5.10 Å². The Morgan fingerprint density at radius 3 is 2.73 bits per heavy atom. The lowest BCUT2D eigenvalue weighted by molar-refractivity contribution is -0.142. The molecule has 1 aromatic rings. The fourth-order valence-corrected chi connectivity index (χ4v) is 1.88. The second-order valence-electron chi connectivity index (χ2n) is 3.31. The van der Waals surface area contributed by atoms with Crippen molar-refractivity contribution in [1.29, 1.82) is 0 Å². The number of esters is 1. The molecule has 84 valence electrons. The molecule has 0 radical (unpaired) electrons. The zero-order valence-electron chi connectivity index (χ0n) is 8.73. The van der Waals surface area contributed by atoms with Gasteiger partial charge in [-0.2, -0.15) is 0 Å². The lowest BCUT2D eigenvalue weighted by Crippen LogP contribution is -2.35. The van der Waals surface area contributed by atoms with Crippen LogP contribution < -0.4 is 5.32 Å². The van der Waals surface area contributed by atoms with Crippen molar-refractivity contribution in [1.82, 2.24) is 10.2 Å². The number of rotatable bonds is 4. The Labute approximate surface area is 96.9 Å². The molecule has 0 aromatic carbocycles. The van der Waals surface area contributed by atoms with Crippen LogP contribution in [0.1, 0.15) is 13.8 Å². The van der Waals surface area contributed by atoms with Crippen molar-refractivity contribution in [2.45, 2.75) is 19.9 Å². The highest BCUT2D eigenvalue weighted by Gasteiger charge is 2.23. The maximum Gasteiger partial charge on any atom is 0.328 e. The quantitative estimate of drug-likeness (QED) is 0.627. The van der Waals surface area contributed by atoms with E-state index in [0.717, 1.165) is 0 Å². The Morgan fingerprint density at radius 1 is 1.67 bits per heavy atom. The first-order valence-corrected chi connectivity index (χ1v) is 5.67. The van der Waals surface area contributed by atoms with E-state index in [1.165, 1.54) is 18.4 Å². The molecule has 0 saturated heterocycles. The second-order valence-corrected chi connectivity index (χ2v) is 4.97. The Morgan fingerprint density at radius 2 is 2.33 bits per heavy atom. The summed E-state index contributed by atoms with van der Waals surface area (Å²) in [6, 6.07) is -0.399. The van der Waals surface area contributed by atoms with Crippen molar-refractivity contribution in [2.75, 3.05) is 12.4 Å². The fourth-order valence-electron chi connectivity index (χ4n) is 1.05. The molecule has 15 heavy (non-hydrogen) atoms. The monoisotopic (exact) mass is 247 g/mol. The van der Waals surface area contributed by atoms with Crippen molar-refractivity contribution in [3.05, 3.63) is 3.95 Å². The summed E-state index contributed by atoms with van der Waals surface area (Å²) in [6.07, 6.45) is 0. The highest BCUT2D eigenvalue weighted by molar-refractivity contribution is 7.73. The molecule has 7 heteroatoms. The number of hydrogen-bond acceptors (Lipinski definition) is 6. The molecule has 0 saturated carbocycles. The van der Waals surface area contributed by atoms with Crippen molar-refractivity contribution < 1.29 is 9.53 Å². The normalized spacial score (nSPS) is 12.5. The standard InChI is InChI=1S/C8H13N3O2S2/c1-4(2)5(6(12)13-3)9-7-10-11-8(14)15-7/h4-5H,1-3H3,(H,9,10)(H,11,14). The van der Waals surface area contributed by atoms with E-state index in [0.29, 0.717) is 9.09 Å². The molecule has 1 aromatic heterocycles. The minimum Gasteiger partial charge on any atom is -0.467 e. The van der Waals surface area contributed by atoms with Crippen LogP contribution in [0.5, 0.6) is 0 Å². The van der Waals surface area contributed by atoms with Crippen LogP contribution in [-0.4, -0.2) is 29.3 Å². The van der Waals surface area contributed by atoms with Crippen LogP contribution in [0.15, 0.2) is 0 Å². The largest absolute Gasteiger partial charge is 0.467 e. The molecule has 0 fully saturated rings. The number of carbonyl (C=O) groups is 1. The van der Waals surface area contributed by atoms with Crippen LogP contribution in [0.2, 0.25) is 0 Å². The first-order valence-electron chi connectivity index (χ1n) is 4.44. The number of hydrogen-bond donors (Lipinski definition) is 2. The third kappa shape index (κ3) is 3.28. The van der Waals surface area contributed by atoms with Gasteiger partial charge in [-0.3, -0.25) is 5.10 Å². The van der Waals surface area contributed by atoms with Crippen LogP contribution in [0, 0.1) is 9.87 Å². The number of carbonyl (C=O) groups excluding carboxylic acids is 1. The van der Waals surface area contributed by atoms with E-state index in [1.807, 2.05) is 13.8 Å². The van der Waals surface area contributed by atoms with Gasteiger partial charge in [0.05, 0.1) is 7.11 Å². The van der Waals surface area contributed by atoms with Crippen LogP contribution in [0.4, 0.5) is 5.13 Å². The second kappa shape index (κ2) is 5.22. The zero-order chi connectivity index (χ0) is 11.4. The molecule has 0 spiro atoms. The third-order valence-corrected chi connectivity index (χ3v) is 2.86. The highest BCUT2D eigenvalue weighted by atomic mass is 32.1. The van der Waals surface area contributed by atoms with Gasteiger partial charge in [0.1, 0.15) is 6.04 Å². The van der Waals surface area contributed by atoms with Gasteiger partial charge in [0, 0.05) is 0 Å². The summed E-state index contributed by atoms with van der Waals surface area (Å²) in [5, 5.41) is 10.1. The predicted molar refractivity (Wildman–Crippen MR) is 61.6 cm³/mol. The van der Waals surface area contributed by atoms with Gasteiger partial charge in [-0.05, 0) is 18.1 Å². The summed E-state index contributed by atoms with van der Waals surface area (Å²) < 4.78 is 5.27. The van der Waals surface area contributed by atoms with Crippen LogP contribution >= 0.6 is 23.6 Å². The third-order valence-electron chi connectivity index (χ3n) is 1.84. The van der Waals surface area contributed by atoms with Crippen molar-refractivity contribution in [2.24, 2.45) is 5.92 Å². The molecule has 0 amide bonds. The van der Waals surface area contributed by atoms with Gasteiger partial charge in [-0.1, -0.05) is 25.2 Å². The maximum absolute atomic E-state index is 11.4. The summed E-state index contributed by atoms with van der Waals surface area (Å²) in [5.74, 6) is -0.180. The van der Waals surface area contributed by atoms with Gasteiger partial charge >= 0.3 is 5.97 Å². The number of anilines is 1. The number of H-pyrrole nitrogens is 1. The van der Waals surface area contributed by atoms with E-state index in [2.05, 4.69) is 15.5 Å². The summed E-state index contributed by atoms with van der Waals surface area (Å²) in [6.45, 7) is 3.86. The maximum atomic E-state index is 11.4. The number of methoxy groups -OCH3 is 1. The van der Waals surface area contributed by atoms with Crippen molar-refractivity contribution >= 4 is 34.7 Å². The Bertz CT molecular complexity index is 385. The molecular weight excluding hydrogens is 234 g/mol. The molecule has 0 aliphatic carbocycles. The number of ether oxygens (including phenoxy) is 1. The first kappa shape index (κ1) is 12.1. The first-order chi connectivity index (χ1) is 7.04. The molecule has 5 nitrogen and oxygen atoms in total. The van der Waals surface area contributed by atoms with Gasteiger partial charge in [0.2, 0.25) is 5.13 Å². The molecular formula is C8H13N3O2S2. The summed E-state index contributed by atoms with van der Waals surface area (Å²) in [5.41, 5.74) is 0. The molecule has 0 bridgehead atoms. The summed E-state index contributed by atoms with van der Waals surface area (Å²) in [7, 11) is 1.37. The summed E-state index contributed by atoms with van der Waals surface area (Å²) >= 11 is 6.18. The van der Waals surface area contributed by atoms with Gasteiger partial charge < -0.3 is 10.1 Å². The number of nitrogens with zero attached hydrogens (tertiary/aromatic N) is 1. The Balaban J connectivity index is 2.75. The smallest absolute Gasteiger partial charge is 0.328 e. The lowest BCUT2D eigenvalue weighted by Gasteiger charge is -2.18. The van der Waals surface area contributed by atoms with Crippen molar-refractivity contribution in [3.8, 4) is 0 Å². The van der Waals surface area contributed by atoms with E-state index in [4.69, 9.17) is 17.0 Å². The predicted octanol–water partition coefficient (Wildman–Crippen LogP) is 1.81. The zero-order valence-corrected chi connectivity index (χ0v) is 10.4. The summed E-state index contributed by atoms with van der Waals surface area (Å²) in [4.78, 5) is 11.4. The Hall–Kier alpha value is -0.950. The number of aromatic amines is 1. The average Bonchev–Trinajstić information content (AvgIpc) is 2.59. The van der Waals surface area contributed by atoms with Crippen LogP contribution in [0.3, 0.4) is 0 Å². The van der Waals surface area contributed by atoms with E-state index < -0.39 is 6.04 Å². The van der Waals surface area contributed by atoms with E-state index >= 15 is 0 Å². The lowest BCUT2D eigenvalue weighted by atomic mass is 10.1. The average molecular weight is 247 g/mol. The van der Waals surface area contributed by atoms with Gasteiger partial charge in [0.15, 0.2) is 3.95 Å². The topological polar surface area (TPSA) is 67.0 Å². The molecule has 2 N–H and O–H groups in total. The molecule has 0 aliphatic rings. The van der Waals surface area contributed by atoms with Crippen LogP contribution in [-0.2, 0) is 9.53 Å². The molecule has 1 heterocycles. The van der Waals surface area contributed by atoms with E-state index in [1.54, 1.807) is 0 Å². The van der Waals surface area contributed by atoms with Crippen molar-refractivity contribution in [3.63, 3.8) is 0 Å². The van der Waals surface area contributed by atoms with Crippen LogP contribution in [0.25, 0.3) is 0 Å². The highest BCUT2D eigenvalue weighted by Crippen LogP contribution is 2.16. The van der Waals surface area contributed by atoms with E-state index in [-0.39, 0.29) is 11.9 Å². The molecule has 1 rings (SSSR count). The number of nitrogens with one attached hydrogen (secondary N) is 2. The van der Waals surface area contributed by atoms with E-state index in [9.17, 15) is 4.79 Å². The number of aromatic nitrogens is 2. The molecule has 1 unspecified atom stereocenters. The molecule has 1 atom stereocenters. The molecule has 0 aliphatic heterocycles. The van der Waals surface area contributed by atoms with Gasteiger partial charge in [0.25, 0.3) is 0 Å². The minimum absolute atomic E-state index is 0.120. The SMILES string of the molecule is COC(=O)C(Nc1n[nH]c(=S)s1)C(C)C. The minimum atomic E-state index is -0.399. The Kier molecular flexibility index (Phi) is 4.22.